The molecule has 152 valence electrons. The summed E-state index contributed by atoms with van der Waals surface area (Å²) in [6, 6.07) is 5.67. The average Bonchev–Trinajstić information content (AvgIpc) is 3.00. The summed E-state index contributed by atoms with van der Waals surface area (Å²) in [6.07, 6.45) is 2.13. The number of nitrogens with one attached hydrogen (secondary N) is 1. The highest BCUT2D eigenvalue weighted by Gasteiger charge is 2.32. The monoisotopic (exact) mass is 427 g/mol. The first-order chi connectivity index (χ1) is 13.6. The second kappa shape index (κ2) is 12.4. The van der Waals surface area contributed by atoms with Crippen LogP contribution >= 0.6 is 21.6 Å². The Labute approximate surface area is 170 Å². The quantitative estimate of drug-likeness (QED) is 0.300. The lowest BCUT2D eigenvalue weighted by Crippen LogP contribution is -2.32. The molecule has 3 amide bonds. The summed E-state index contributed by atoms with van der Waals surface area (Å²) in [4.78, 5) is 54.8. The van der Waals surface area contributed by atoms with Gasteiger partial charge in [-0.15, -0.1) is 5.06 Å². The van der Waals surface area contributed by atoms with Crippen LogP contribution in [0.5, 0.6) is 0 Å². The standard InChI is InChI=1S/C17H21N3O6S2/c21-13(7-12-27-28-14-3-1-2-8-19-14)18-9-11-25-10-6-17(24)26-20-15(22)4-5-16(20)23/h1-3,8H,4-7,9-12H2,(H,18,21). The van der Waals surface area contributed by atoms with Gasteiger partial charge in [0.2, 0.25) is 5.91 Å². The summed E-state index contributed by atoms with van der Waals surface area (Å²) >= 11 is 0. The normalized spacial score (nSPS) is 13.6. The van der Waals surface area contributed by atoms with Gasteiger partial charge >= 0.3 is 5.97 Å². The Morgan fingerprint density at radius 2 is 1.93 bits per heavy atom. The van der Waals surface area contributed by atoms with E-state index in [0.29, 0.717) is 23.8 Å². The second-order valence-corrected chi connectivity index (χ2v) is 8.02. The number of hydrogen-bond donors (Lipinski definition) is 1. The highest BCUT2D eigenvalue weighted by molar-refractivity contribution is 8.76. The van der Waals surface area contributed by atoms with Crippen LogP contribution in [0.25, 0.3) is 0 Å². The Morgan fingerprint density at radius 3 is 2.64 bits per heavy atom. The largest absolute Gasteiger partial charge is 0.379 e. The number of aromatic nitrogens is 1. The maximum atomic E-state index is 11.7. The number of imide groups is 1. The zero-order valence-corrected chi connectivity index (χ0v) is 16.8. The van der Waals surface area contributed by atoms with Gasteiger partial charge in [0, 0.05) is 37.8 Å². The number of nitrogens with zero attached hydrogens (tertiary/aromatic N) is 2. The van der Waals surface area contributed by atoms with Crippen molar-refractivity contribution in [2.75, 3.05) is 25.5 Å². The van der Waals surface area contributed by atoms with Crippen molar-refractivity contribution in [2.24, 2.45) is 0 Å². The molecule has 1 fully saturated rings. The molecule has 1 aliphatic rings. The Morgan fingerprint density at radius 1 is 1.14 bits per heavy atom. The van der Waals surface area contributed by atoms with Gasteiger partial charge in [0.25, 0.3) is 11.8 Å². The van der Waals surface area contributed by atoms with Gasteiger partial charge in [-0.05, 0) is 22.9 Å². The van der Waals surface area contributed by atoms with Crippen LogP contribution in [-0.4, -0.2) is 59.2 Å². The van der Waals surface area contributed by atoms with E-state index in [-0.39, 0.29) is 38.4 Å². The van der Waals surface area contributed by atoms with Gasteiger partial charge in [-0.1, -0.05) is 16.9 Å². The minimum Gasteiger partial charge on any atom is -0.379 e. The van der Waals surface area contributed by atoms with Crippen molar-refractivity contribution in [3.8, 4) is 0 Å². The highest BCUT2D eigenvalue weighted by Crippen LogP contribution is 2.29. The zero-order valence-electron chi connectivity index (χ0n) is 15.1. The summed E-state index contributed by atoms with van der Waals surface area (Å²) in [6.45, 7) is 0.646. The van der Waals surface area contributed by atoms with Crippen LogP contribution in [0, 0.1) is 0 Å². The minimum absolute atomic E-state index is 0.0582. The van der Waals surface area contributed by atoms with E-state index < -0.39 is 17.8 Å². The first-order valence-electron chi connectivity index (χ1n) is 8.68. The molecule has 1 aromatic heterocycles. The maximum Gasteiger partial charge on any atom is 0.335 e. The first-order valence-corrected chi connectivity index (χ1v) is 11.0. The van der Waals surface area contributed by atoms with E-state index >= 15 is 0 Å². The van der Waals surface area contributed by atoms with E-state index in [4.69, 9.17) is 9.57 Å². The summed E-state index contributed by atoms with van der Waals surface area (Å²) in [5.74, 6) is -1.16. The van der Waals surface area contributed by atoms with Gasteiger partial charge in [0.1, 0.15) is 5.03 Å². The smallest absolute Gasteiger partial charge is 0.335 e. The molecule has 1 aliphatic heterocycles. The molecule has 0 unspecified atom stereocenters. The molecule has 11 heteroatoms. The Hall–Kier alpha value is -2.11. The fourth-order valence-corrected chi connectivity index (χ4v) is 3.92. The van der Waals surface area contributed by atoms with Gasteiger partial charge in [0.15, 0.2) is 0 Å². The van der Waals surface area contributed by atoms with Crippen molar-refractivity contribution < 1.29 is 28.8 Å². The van der Waals surface area contributed by atoms with Crippen molar-refractivity contribution in [3.05, 3.63) is 24.4 Å². The van der Waals surface area contributed by atoms with Gasteiger partial charge < -0.3 is 14.9 Å². The molecular formula is C17H21N3O6S2. The number of hydrogen-bond acceptors (Lipinski definition) is 9. The number of amides is 3. The molecule has 2 heterocycles. The molecule has 0 radical (unpaired) electrons. The topological polar surface area (TPSA) is 115 Å². The van der Waals surface area contributed by atoms with Gasteiger partial charge in [-0.25, -0.2) is 9.78 Å². The molecule has 0 aliphatic carbocycles. The van der Waals surface area contributed by atoms with Gasteiger partial charge in [0.05, 0.1) is 19.6 Å². The Kier molecular flexibility index (Phi) is 9.80. The molecule has 28 heavy (non-hydrogen) atoms. The number of carbonyl (C=O) groups is 4. The van der Waals surface area contributed by atoms with E-state index in [1.807, 2.05) is 18.2 Å². The molecular weight excluding hydrogens is 406 g/mol. The number of rotatable bonds is 12. The van der Waals surface area contributed by atoms with Crippen LogP contribution in [0.3, 0.4) is 0 Å². The predicted octanol–water partition coefficient (Wildman–Crippen LogP) is 1.34. The maximum absolute atomic E-state index is 11.7. The SMILES string of the molecule is O=C(CCSSc1ccccn1)NCCOCCC(=O)ON1C(=O)CCC1=O. The van der Waals surface area contributed by atoms with Crippen LogP contribution in [0.15, 0.2) is 29.4 Å². The van der Waals surface area contributed by atoms with Crippen molar-refractivity contribution in [1.29, 1.82) is 0 Å². The molecule has 0 atom stereocenters. The molecule has 9 nitrogen and oxygen atoms in total. The van der Waals surface area contributed by atoms with Crippen molar-refractivity contribution in [2.45, 2.75) is 30.7 Å². The van der Waals surface area contributed by atoms with E-state index in [1.54, 1.807) is 17.0 Å². The molecule has 0 spiro atoms. The van der Waals surface area contributed by atoms with E-state index in [2.05, 4.69) is 10.3 Å². The third kappa shape index (κ3) is 8.28. The van der Waals surface area contributed by atoms with Gasteiger partial charge in [-0.3, -0.25) is 14.4 Å². The lowest BCUT2D eigenvalue weighted by molar-refractivity contribution is -0.198. The van der Waals surface area contributed by atoms with E-state index in [9.17, 15) is 19.2 Å². The number of hydroxylamine groups is 2. The molecule has 0 bridgehead atoms. The summed E-state index contributed by atoms with van der Waals surface area (Å²) < 4.78 is 5.23. The van der Waals surface area contributed by atoms with Crippen LogP contribution in [0.4, 0.5) is 0 Å². The predicted molar refractivity (Wildman–Crippen MR) is 103 cm³/mol. The summed E-state index contributed by atoms with van der Waals surface area (Å²) in [7, 11) is 3.08. The molecule has 2 rings (SSSR count). The Bertz CT molecular complexity index is 673. The van der Waals surface area contributed by atoms with Crippen LogP contribution in [0.2, 0.25) is 0 Å². The second-order valence-electron chi connectivity index (χ2n) is 5.58. The molecule has 0 saturated carbocycles. The highest BCUT2D eigenvalue weighted by atomic mass is 33.1. The summed E-state index contributed by atoms with van der Waals surface area (Å²) in [5.41, 5.74) is 0. The third-order valence-corrected chi connectivity index (χ3v) is 5.68. The van der Waals surface area contributed by atoms with Gasteiger partial charge in [-0.2, -0.15) is 0 Å². The minimum atomic E-state index is -0.713. The van der Waals surface area contributed by atoms with Crippen LogP contribution < -0.4 is 5.32 Å². The van der Waals surface area contributed by atoms with Crippen molar-refractivity contribution in [1.82, 2.24) is 15.4 Å². The van der Waals surface area contributed by atoms with E-state index in [1.165, 1.54) is 10.8 Å². The Balaban J connectivity index is 1.43. The first kappa shape index (κ1) is 22.2. The molecule has 1 saturated heterocycles. The lowest BCUT2D eigenvalue weighted by Gasteiger charge is -2.12. The third-order valence-electron chi connectivity index (χ3n) is 3.41. The lowest BCUT2D eigenvalue weighted by atomic mass is 10.4. The summed E-state index contributed by atoms with van der Waals surface area (Å²) in [5, 5.41) is 4.13. The number of carbonyl (C=O) groups excluding carboxylic acids is 4. The van der Waals surface area contributed by atoms with Crippen molar-refractivity contribution >= 4 is 45.3 Å². The van der Waals surface area contributed by atoms with Crippen LogP contribution in [-0.2, 0) is 28.8 Å². The van der Waals surface area contributed by atoms with E-state index in [0.717, 1.165) is 5.03 Å². The number of ether oxygens (including phenoxy) is 1. The fraction of sp³-hybridized carbons (Fsp3) is 0.471. The molecule has 1 aromatic rings. The average molecular weight is 428 g/mol. The molecule has 1 N–H and O–H groups in total. The van der Waals surface area contributed by atoms with Crippen LogP contribution in [0.1, 0.15) is 25.7 Å². The fourth-order valence-electron chi connectivity index (χ4n) is 2.05. The zero-order chi connectivity index (χ0) is 20.2. The molecule has 0 aromatic carbocycles. The van der Waals surface area contributed by atoms with Crippen molar-refractivity contribution in [3.63, 3.8) is 0 Å². The number of pyridine rings is 1.